The number of allylic oxidation sites excluding steroid dienone is 4. The van der Waals surface area contributed by atoms with Gasteiger partial charge in [0.15, 0.2) is 5.78 Å². The maximum absolute atomic E-state index is 11.7. The van der Waals surface area contributed by atoms with E-state index in [0.29, 0.717) is 0 Å². The third-order valence-electron chi connectivity index (χ3n) is 4.18. The fourth-order valence-corrected chi connectivity index (χ4v) is 2.66. The molecule has 0 heterocycles. The Bertz CT molecular complexity index is 394. The zero-order valence-electron chi connectivity index (χ0n) is 15.7. The predicted octanol–water partition coefficient (Wildman–Crippen LogP) is 6.23. The molecule has 1 N–H and O–H groups in total. The van der Waals surface area contributed by atoms with Crippen molar-refractivity contribution in [3.05, 3.63) is 23.8 Å². The van der Waals surface area contributed by atoms with Crippen LogP contribution in [0.2, 0.25) is 0 Å². The van der Waals surface area contributed by atoms with Crippen LogP contribution in [0.4, 0.5) is 0 Å². The monoisotopic (exact) mass is 336 g/mol. The highest BCUT2D eigenvalue weighted by Crippen LogP contribution is 2.14. The average Bonchev–Trinajstić information content (AvgIpc) is 2.53. The number of hydrogen-bond acceptors (Lipinski definition) is 2. The molecule has 138 valence electrons. The number of carbonyl (C=O) groups excluding carboxylic acids is 1. The second kappa shape index (κ2) is 16.5. The minimum Gasteiger partial charge on any atom is -0.481 e. The largest absolute Gasteiger partial charge is 0.481 e. The second-order valence-corrected chi connectivity index (χ2v) is 6.50. The summed E-state index contributed by atoms with van der Waals surface area (Å²) in [5, 5.41) is 8.57. The predicted molar refractivity (Wildman–Crippen MR) is 101 cm³/mol. The number of rotatable bonds is 16. The maximum Gasteiger partial charge on any atom is 0.303 e. The molecular weight excluding hydrogens is 300 g/mol. The second-order valence-electron chi connectivity index (χ2n) is 6.50. The summed E-state index contributed by atoms with van der Waals surface area (Å²) < 4.78 is 0. The Morgan fingerprint density at radius 3 is 2.08 bits per heavy atom. The van der Waals surface area contributed by atoms with E-state index < -0.39 is 5.97 Å². The molecule has 0 aromatic heterocycles. The number of aliphatic carboxylic acids is 1. The molecular formula is C21H36O3. The maximum atomic E-state index is 11.7. The Hall–Kier alpha value is -1.38. The number of carboxylic acids is 1. The Morgan fingerprint density at radius 2 is 1.46 bits per heavy atom. The Balaban J connectivity index is 3.81. The zero-order chi connectivity index (χ0) is 18.0. The summed E-state index contributed by atoms with van der Waals surface area (Å²) in [6.07, 6.45) is 19.6. The van der Waals surface area contributed by atoms with Crippen molar-refractivity contribution in [2.24, 2.45) is 0 Å². The summed E-state index contributed by atoms with van der Waals surface area (Å²) in [4.78, 5) is 22.1. The van der Waals surface area contributed by atoms with Crippen LogP contribution < -0.4 is 0 Å². The lowest BCUT2D eigenvalue weighted by molar-refractivity contribution is -0.137. The van der Waals surface area contributed by atoms with Gasteiger partial charge in [0.25, 0.3) is 0 Å². The fourth-order valence-electron chi connectivity index (χ4n) is 2.66. The van der Waals surface area contributed by atoms with E-state index in [-0.39, 0.29) is 12.2 Å². The highest BCUT2D eigenvalue weighted by Gasteiger charge is 2.03. The number of unbranched alkanes of at least 4 members (excludes halogenated alkanes) is 8. The first-order valence-corrected chi connectivity index (χ1v) is 9.64. The number of carboxylic acid groups (broad SMARTS) is 1. The van der Waals surface area contributed by atoms with Gasteiger partial charge < -0.3 is 5.11 Å². The van der Waals surface area contributed by atoms with Crippen molar-refractivity contribution in [1.82, 2.24) is 0 Å². The molecule has 24 heavy (non-hydrogen) atoms. The van der Waals surface area contributed by atoms with Crippen molar-refractivity contribution < 1.29 is 14.7 Å². The van der Waals surface area contributed by atoms with Gasteiger partial charge in [0.1, 0.15) is 0 Å². The smallest absolute Gasteiger partial charge is 0.303 e. The fraction of sp³-hybridized carbons (Fsp3) is 0.714. The Labute approximate surface area is 148 Å². The van der Waals surface area contributed by atoms with E-state index in [0.717, 1.165) is 56.9 Å². The summed E-state index contributed by atoms with van der Waals surface area (Å²) in [7, 11) is 0. The molecule has 0 spiro atoms. The van der Waals surface area contributed by atoms with Gasteiger partial charge in [0.05, 0.1) is 0 Å². The molecule has 0 rings (SSSR count). The number of ketones is 1. The SMILES string of the molecule is CCCCCCC=CC/C=C(\CCCCCCCC(=O)O)C(C)=O. The summed E-state index contributed by atoms with van der Waals surface area (Å²) >= 11 is 0. The minimum atomic E-state index is -0.713. The van der Waals surface area contributed by atoms with Gasteiger partial charge in [-0.15, -0.1) is 0 Å². The lowest BCUT2D eigenvalue weighted by Crippen LogP contribution is -1.97. The van der Waals surface area contributed by atoms with Crippen LogP contribution in [0.5, 0.6) is 0 Å². The first-order valence-electron chi connectivity index (χ1n) is 9.64. The van der Waals surface area contributed by atoms with Gasteiger partial charge >= 0.3 is 5.97 Å². The van der Waals surface area contributed by atoms with Gasteiger partial charge in [-0.2, -0.15) is 0 Å². The summed E-state index contributed by atoms with van der Waals surface area (Å²) in [5.41, 5.74) is 0.941. The standard InChI is InChI=1S/C21H36O3/c1-3-4-5-6-7-8-10-13-16-20(19(2)22)17-14-11-9-12-15-18-21(23)24/h8,10,16H,3-7,9,11-15,17-18H2,1-2H3,(H,23,24)/b10-8?,20-16+. The third kappa shape index (κ3) is 15.5. The minimum absolute atomic E-state index is 0.178. The van der Waals surface area contributed by atoms with Crippen molar-refractivity contribution in [3.63, 3.8) is 0 Å². The summed E-state index contributed by atoms with van der Waals surface area (Å²) in [6, 6.07) is 0. The van der Waals surface area contributed by atoms with Crippen LogP contribution in [-0.2, 0) is 9.59 Å². The van der Waals surface area contributed by atoms with Gasteiger partial charge in [-0.3, -0.25) is 9.59 Å². The van der Waals surface area contributed by atoms with Crippen molar-refractivity contribution >= 4 is 11.8 Å². The van der Waals surface area contributed by atoms with Gasteiger partial charge in [0.2, 0.25) is 0 Å². The van der Waals surface area contributed by atoms with Crippen LogP contribution in [0.1, 0.15) is 97.3 Å². The van der Waals surface area contributed by atoms with Crippen LogP contribution in [0.25, 0.3) is 0 Å². The average molecular weight is 337 g/mol. The van der Waals surface area contributed by atoms with Gasteiger partial charge in [-0.05, 0) is 51.0 Å². The molecule has 0 saturated carbocycles. The van der Waals surface area contributed by atoms with Crippen LogP contribution in [0, 0.1) is 0 Å². The normalized spacial score (nSPS) is 12.0. The summed E-state index contributed by atoms with van der Waals surface area (Å²) in [5.74, 6) is -0.535. The lowest BCUT2D eigenvalue weighted by atomic mass is 10.0. The molecule has 0 aliphatic rings. The molecule has 0 bridgehead atoms. The molecule has 3 nitrogen and oxygen atoms in total. The number of hydrogen-bond donors (Lipinski definition) is 1. The lowest BCUT2D eigenvalue weighted by Gasteiger charge is -2.04. The van der Waals surface area contributed by atoms with E-state index in [1.54, 1.807) is 6.92 Å². The molecule has 0 unspecified atom stereocenters. The third-order valence-corrected chi connectivity index (χ3v) is 4.18. The Kier molecular flexibility index (Phi) is 15.5. The van der Waals surface area contributed by atoms with Gasteiger partial charge in [-0.1, -0.05) is 63.7 Å². The molecule has 0 fully saturated rings. The van der Waals surface area contributed by atoms with E-state index >= 15 is 0 Å². The molecule has 0 amide bonds. The highest BCUT2D eigenvalue weighted by molar-refractivity contribution is 5.93. The van der Waals surface area contributed by atoms with E-state index in [1.165, 1.54) is 25.7 Å². The zero-order valence-corrected chi connectivity index (χ0v) is 15.7. The van der Waals surface area contributed by atoms with Crippen LogP contribution in [0.3, 0.4) is 0 Å². The molecule has 3 heteroatoms. The highest BCUT2D eigenvalue weighted by atomic mass is 16.4. The van der Waals surface area contributed by atoms with Crippen molar-refractivity contribution in [3.8, 4) is 0 Å². The number of carbonyl (C=O) groups is 2. The Morgan fingerprint density at radius 1 is 0.833 bits per heavy atom. The molecule has 0 saturated heterocycles. The molecule has 0 aromatic rings. The number of Topliss-reactive ketones (excluding diaryl/α,β-unsaturated/α-hetero) is 1. The topological polar surface area (TPSA) is 54.4 Å². The van der Waals surface area contributed by atoms with Crippen molar-refractivity contribution in [1.29, 1.82) is 0 Å². The summed E-state index contributed by atoms with van der Waals surface area (Å²) in [6.45, 7) is 3.87. The quantitative estimate of drug-likeness (QED) is 0.206. The first kappa shape index (κ1) is 22.6. The van der Waals surface area contributed by atoms with Gasteiger partial charge in [0, 0.05) is 6.42 Å². The first-order chi connectivity index (χ1) is 11.6. The van der Waals surface area contributed by atoms with Gasteiger partial charge in [-0.25, -0.2) is 0 Å². The van der Waals surface area contributed by atoms with E-state index in [2.05, 4.69) is 25.2 Å². The molecule has 0 aromatic carbocycles. The molecule has 0 radical (unpaired) electrons. The van der Waals surface area contributed by atoms with Crippen LogP contribution in [0.15, 0.2) is 23.8 Å². The van der Waals surface area contributed by atoms with Crippen LogP contribution >= 0.6 is 0 Å². The van der Waals surface area contributed by atoms with Crippen molar-refractivity contribution in [2.75, 3.05) is 0 Å². The van der Waals surface area contributed by atoms with Crippen LogP contribution in [-0.4, -0.2) is 16.9 Å². The van der Waals surface area contributed by atoms with E-state index in [4.69, 9.17) is 5.11 Å². The van der Waals surface area contributed by atoms with E-state index in [9.17, 15) is 9.59 Å². The molecule has 0 atom stereocenters. The molecule has 0 aliphatic carbocycles. The van der Waals surface area contributed by atoms with E-state index in [1.807, 2.05) is 0 Å². The van der Waals surface area contributed by atoms with Crippen molar-refractivity contribution in [2.45, 2.75) is 97.3 Å². The molecule has 0 aliphatic heterocycles.